The molecule has 4 nitrogen and oxygen atoms in total. The Balaban J connectivity index is 1.84. The lowest BCUT2D eigenvalue weighted by atomic mass is 9.92. The van der Waals surface area contributed by atoms with E-state index in [2.05, 4.69) is 17.6 Å². The predicted molar refractivity (Wildman–Crippen MR) is 70.1 cm³/mol. The maximum absolute atomic E-state index is 12.0. The minimum Gasteiger partial charge on any atom is -0.508 e. The molecule has 2 rings (SSSR count). The third-order valence-electron chi connectivity index (χ3n) is 3.37. The Hall–Kier alpha value is -1.55. The van der Waals surface area contributed by atoms with Crippen molar-refractivity contribution in [3.05, 3.63) is 29.8 Å². The van der Waals surface area contributed by atoms with Crippen LogP contribution in [0.1, 0.15) is 25.3 Å². The van der Waals surface area contributed by atoms with Crippen molar-refractivity contribution in [3.8, 4) is 5.75 Å². The largest absolute Gasteiger partial charge is 0.508 e. The fraction of sp³-hybridized carbons (Fsp3) is 0.500. The normalized spacial score (nSPS) is 23.6. The predicted octanol–water partition coefficient (Wildman–Crippen LogP) is 1.40. The molecule has 0 bridgehead atoms. The third-order valence-corrected chi connectivity index (χ3v) is 3.37. The van der Waals surface area contributed by atoms with Crippen LogP contribution >= 0.6 is 0 Å². The van der Waals surface area contributed by atoms with Crippen molar-refractivity contribution in [2.24, 2.45) is 5.92 Å². The van der Waals surface area contributed by atoms with Gasteiger partial charge in [0.2, 0.25) is 5.91 Å². The van der Waals surface area contributed by atoms with E-state index >= 15 is 0 Å². The molecule has 2 atom stereocenters. The van der Waals surface area contributed by atoms with E-state index in [1.807, 2.05) is 6.07 Å². The standard InChI is InChI=1S/C14H20N2O2/c1-10-7-12(5-6-15-10)14(18)16-9-11-3-2-4-13(17)8-11/h2-4,8,10,12,15,17H,5-7,9H2,1H3,(H,16,18)/t10-,12-/m0/s1. The van der Waals surface area contributed by atoms with Gasteiger partial charge in [0.1, 0.15) is 5.75 Å². The molecule has 0 radical (unpaired) electrons. The van der Waals surface area contributed by atoms with Crippen LogP contribution in [0.25, 0.3) is 0 Å². The number of carbonyl (C=O) groups is 1. The molecule has 98 valence electrons. The van der Waals surface area contributed by atoms with Gasteiger partial charge < -0.3 is 15.7 Å². The first-order valence-electron chi connectivity index (χ1n) is 6.44. The number of hydrogen-bond acceptors (Lipinski definition) is 3. The quantitative estimate of drug-likeness (QED) is 0.757. The second kappa shape index (κ2) is 5.87. The summed E-state index contributed by atoms with van der Waals surface area (Å²) in [6.45, 7) is 3.49. The molecule has 1 aliphatic rings. The number of aromatic hydroxyl groups is 1. The summed E-state index contributed by atoms with van der Waals surface area (Å²) < 4.78 is 0. The van der Waals surface area contributed by atoms with Gasteiger partial charge in [0, 0.05) is 18.5 Å². The van der Waals surface area contributed by atoms with Gasteiger partial charge in [-0.3, -0.25) is 4.79 Å². The van der Waals surface area contributed by atoms with Crippen molar-refractivity contribution in [1.82, 2.24) is 10.6 Å². The Morgan fingerprint density at radius 3 is 3.11 bits per heavy atom. The van der Waals surface area contributed by atoms with E-state index in [0.29, 0.717) is 12.6 Å². The maximum atomic E-state index is 12.0. The van der Waals surface area contributed by atoms with Crippen LogP contribution in [0.4, 0.5) is 0 Å². The van der Waals surface area contributed by atoms with E-state index in [1.54, 1.807) is 18.2 Å². The lowest BCUT2D eigenvalue weighted by Crippen LogP contribution is -2.42. The average molecular weight is 248 g/mol. The summed E-state index contributed by atoms with van der Waals surface area (Å²) in [5, 5.41) is 15.6. The SMILES string of the molecule is C[C@H]1C[C@@H](C(=O)NCc2cccc(O)c2)CCN1. The summed E-state index contributed by atoms with van der Waals surface area (Å²) in [5.41, 5.74) is 0.922. The van der Waals surface area contributed by atoms with Gasteiger partial charge in [-0.15, -0.1) is 0 Å². The molecule has 0 spiro atoms. The lowest BCUT2D eigenvalue weighted by molar-refractivity contribution is -0.126. The molecular formula is C14H20N2O2. The number of phenolic OH excluding ortho intramolecular Hbond substituents is 1. The summed E-state index contributed by atoms with van der Waals surface area (Å²) in [5.74, 6) is 0.461. The highest BCUT2D eigenvalue weighted by atomic mass is 16.3. The van der Waals surface area contributed by atoms with Gasteiger partial charge in [-0.05, 0) is 44.0 Å². The molecule has 1 heterocycles. The summed E-state index contributed by atoms with van der Waals surface area (Å²) in [6.07, 6.45) is 1.79. The van der Waals surface area contributed by atoms with Crippen molar-refractivity contribution in [1.29, 1.82) is 0 Å². The zero-order chi connectivity index (χ0) is 13.0. The van der Waals surface area contributed by atoms with Crippen LogP contribution in [0.3, 0.4) is 0 Å². The highest BCUT2D eigenvalue weighted by Crippen LogP contribution is 2.16. The Morgan fingerprint density at radius 1 is 1.56 bits per heavy atom. The molecule has 1 aromatic carbocycles. The first-order valence-corrected chi connectivity index (χ1v) is 6.44. The zero-order valence-electron chi connectivity index (χ0n) is 10.6. The van der Waals surface area contributed by atoms with Gasteiger partial charge in [-0.1, -0.05) is 12.1 Å². The molecule has 3 N–H and O–H groups in total. The van der Waals surface area contributed by atoms with Crippen molar-refractivity contribution in [2.75, 3.05) is 6.54 Å². The Kier molecular flexibility index (Phi) is 4.20. The van der Waals surface area contributed by atoms with E-state index in [9.17, 15) is 9.90 Å². The molecule has 1 fully saturated rings. The molecular weight excluding hydrogens is 228 g/mol. The summed E-state index contributed by atoms with van der Waals surface area (Å²) >= 11 is 0. The second-order valence-electron chi connectivity index (χ2n) is 4.96. The van der Waals surface area contributed by atoms with Gasteiger partial charge in [0.15, 0.2) is 0 Å². The number of carbonyl (C=O) groups excluding carboxylic acids is 1. The number of piperidine rings is 1. The molecule has 0 saturated carbocycles. The monoisotopic (exact) mass is 248 g/mol. The van der Waals surface area contributed by atoms with E-state index in [0.717, 1.165) is 24.9 Å². The first kappa shape index (κ1) is 12.9. The number of benzene rings is 1. The molecule has 1 saturated heterocycles. The fourth-order valence-electron chi connectivity index (χ4n) is 2.37. The van der Waals surface area contributed by atoms with Crippen LogP contribution in [0.5, 0.6) is 5.75 Å². The van der Waals surface area contributed by atoms with Crippen LogP contribution in [-0.4, -0.2) is 23.6 Å². The third kappa shape index (κ3) is 3.47. The summed E-state index contributed by atoms with van der Waals surface area (Å²) in [6, 6.07) is 7.38. The fourth-order valence-corrected chi connectivity index (χ4v) is 2.37. The van der Waals surface area contributed by atoms with Crippen LogP contribution < -0.4 is 10.6 Å². The first-order chi connectivity index (χ1) is 8.65. The number of nitrogens with one attached hydrogen (secondary N) is 2. The van der Waals surface area contributed by atoms with E-state index in [1.165, 1.54) is 0 Å². The van der Waals surface area contributed by atoms with E-state index in [4.69, 9.17) is 0 Å². The molecule has 18 heavy (non-hydrogen) atoms. The number of hydrogen-bond donors (Lipinski definition) is 3. The van der Waals surface area contributed by atoms with Crippen molar-refractivity contribution >= 4 is 5.91 Å². The number of phenols is 1. The highest BCUT2D eigenvalue weighted by Gasteiger charge is 2.24. The van der Waals surface area contributed by atoms with Crippen LogP contribution in [0, 0.1) is 5.92 Å². The van der Waals surface area contributed by atoms with Gasteiger partial charge in [-0.25, -0.2) is 0 Å². The minimum atomic E-state index is 0.110. The lowest BCUT2D eigenvalue weighted by Gasteiger charge is -2.27. The van der Waals surface area contributed by atoms with Crippen LogP contribution in [0.15, 0.2) is 24.3 Å². The molecule has 1 amide bonds. The van der Waals surface area contributed by atoms with Crippen molar-refractivity contribution < 1.29 is 9.90 Å². The van der Waals surface area contributed by atoms with Gasteiger partial charge in [0.25, 0.3) is 0 Å². The second-order valence-corrected chi connectivity index (χ2v) is 4.96. The molecule has 0 aromatic heterocycles. The van der Waals surface area contributed by atoms with E-state index < -0.39 is 0 Å². The maximum Gasteiger partial charge on any atom is 0.223 e. The van der Waals surface area contributed by atoms with Gasteiger partial charge in [0.05, 0.1) is 0 Å². The highest BCUT2D eigenvalue weighted by molar-refractivity contribution is 5.78. The molecule has 1 aliphatic heterocycles. The molecule has 0 unspecified atom stereocenters. The summed E-state index contributed by atoms with van der Waals surface area (Å²) in [4.78, 5) is 12.0. The van der Waals surface area contributed by atoms with Crippen LogP contribution in [0.2, 0.25) is 0 Å². The van der Waals surface area contributed by atoms with Gasteiger partial charge in [-0.2, -0.15) is 0 Å². The minimum absolute atomic E-state index is 0.110. The van der Waals surface area contributed by atoms with Gasteiger partial charge >= 0.3 is 0 Å². The molecule has 4 heteroatoms. The van der Waals surface area contributed by atoms with Crippen LogP contribution in [-0.2, 0) is 11.3 Å². The Morgan fingerprint density at radius 2 is 2.39 bits per heavy atom. The summed E-state index contributed by atoms with van der Waals surface area (Å²) in [7, 11) is 0. The Labute approximate surface area is 107 Å². The van der Waals surface area contributed by atoms with Crippen molar-refractivity contribution in [3.63, 3.8) is 0 Å². The number of amides is 1. The smallest absolute Gasteiger partial charge is 0.223 e. The average Bonchev–Trinajstić information content (AvgIpc) is 2.36. The molecule has 1 aromatic rings. The number of rotatable bonds is 3. The topological polar surface area (TPSA) is 61.4 Å². The van der Waals surface area contributed by atoms with E-state index in [-0.39, 0.29) is 17.6 Å². The zero-order valence-corrected chi connectivity index (χ0v) is 10.6. The molecule has 0 aliphatic carbocycles. The Bertz CT molecular complexity index is 420. The van der Waals surface area contributed by atoms with Crippen molar-refractivity contribution in [2.45, 2.75) is 32.4 Å².